The third-order valence-electron chi connectivity index (χ3n) is 3.71. The lowest BCUT2D eigenvalue weighted by atomic mass is 9.96. The van der Waals surface area contributed by atoms with Gasteiger partial charge in [0, 0.05) is 24.0 Å². The molecule has 0 fully saturated rings. The van der Waals surface area contributed by atoms with Gasteiger partial charge in [0.2, 0.25) is 0 Å². The van der Waals surface area contributed by atoms with Gasteiger partial charge in [-0.15, -0.1) is 0 Å². The summed E-state index contributed by atoms with van der Waals surface area (Å²) >= 11 is 0. The lowest BCUT2D eigenvalue weighted by molar-refractivity contribution is -0.142. The van der Waals surface area contributed by atoms with Crippen LogP contribution in [-0.2, 0) is 17.8 Å². The van der Waals surface area contributed by atoms with Crippen molar-refractivity contribution in [1.82, 2.24) is 4.57 Å². The van der Waals surface area contributed by atoms with Crippen molar-refractivity contribution < 1.29 is 9.90 Å². The third kappa shape index (κ3) is 1.54. The minimum atomic E-state index is -0.668. The maximum Gasteiger partial charge on any atom is 0.306 e. The summed E-state index contributed by atoms with van der Waals surface area (Å²) in [5.74, 6) is -0.884. The van der Waals surface area contributed by atoms with Crippen molar-refractivity contribution in [2.24, 2.45) is 5.92 Å². The first kappa shape index (κ1) is 10.4. The normalized spacial score (nSPS) is 19.2. The van der Waals surface area contributed by atoms with Crippen molar-refractivity contribution in [3.8, 4) is 0 Å². The first-order chi connectivity index (χ1) is 8.16. The van der Waals surface area contributed by atoms with Crippen LogP contribution in [0.4, 0.5) is 0 Å². The number of carboxylic acid groups (broad SMARTS) is 1. The summed E-state index contributed by atoms with van der Waals surface area (Å²) in [6, 6.07) is 8.40. The van der Waals surface area contributed by atoms with E-state index in [0.29, 0.717) is 6.42 Å². The summed E-state index contributed by atoms with van der Waals surface area (Å²) in [4.78, 5) is 11.0. The number of para-hydroxylation sites is 1. The molecule has 3 nitrogen and oxygen atoms in total. The molecule has 1 N–H and O–H groups in total. The van der Waals surface area contributed by atoms with Gasteiger partial charge >= 0.3 is 5.97 Å². The van der Waals surface area contributed by atoms with Gasteiger partial charge in [0.25, 0.3) is 0 Å². The number of aliphatic carboxylic acids is 1. The molecule has 1 aliphatic rings. The average molecular weight is 229 g/mol. The number of hydrogen-bond donors (Lipinski definition) is 1. The number of carbonyl (C=O) groups is 1. The topological polar surface area (TPSA) is 42.2 Å². The molecular weight excluding hydrogens is 214 g/mol. The van der Waals surface area contributed by atoms with Gasteiger partial charge in [0.05, 0.1) is 11.4 Å². The molecule has 1 aromatic carbocycles. The fourth-order valence-electron chi connectivity index (χ4n) is 2.84. The molecule has 2 heterocycles. The Balaban J connectivity index is 2.14. The van der Waals surface area contributed by atoms with Gasteiger partial charge in [-0.2, -0.15) is 0 Å². The summed E-state index contributed by atoms with van der Waals surface area (Å²) in [6.07, 6.45) is 1.39. The molecule has 1 atom stereocenters. The van der Waals surface area contributed by atoms with Crippen molar-refractivity contribution in [2.75, 3.05) is 0 Å². The Labute approximate surface area is 99.7 Å². The molecule has 3 rings (SSSR count). The molecule has 1 unspecified atom stereocenters. The molecule has 0 aliphatic carbocycles. The summed E-state index contributed by atoms with van der Waals surface area (Å²) in [5, 5.41) is 10.3. The van der Waals surface area contributed by atoms with E-state index in [0.717, 1.165) is 18.7 Å². The van der Waals surface area contributed by atoms with E-state index in [4.69, 9.17) is 5.11 Å². The standard InChI is InChI=1S/C14H15NO2/c1-9-3-2-4-10-7-12-8-11(14(16)17)5-6-15(12)13(9)10/h2-4,7,11H,5-6,8H2,1H3,(H,16,17). The molecule has 2 aromatic rings. The number of rotatable bonds is 1. The highest BCUT2D eigenvalue weighted by Crippen LogP contribution is 2.29. The molecule has 17 heavy (non-hydrogen) atoms. The Bertz CT molecular complexity index is 598. The van der Waals surface area contributed by atoms with E-state index in [1.807, 2.05) is 0 Å². The molecular formula is C14H15NO2. The van der Waals surface area contributed by atoms with Crippen LogP contribution in [0.2, 0.25) is 0 Å². The van der Waals surface area contributed by atoms with Gasteiger partial charge in [-0.25, -0.2) is 0 Å². The first-order valence-corrected chi connectivity index (χ1v) is 5.97. The second kappa shape index (κ2) is 3.62. The predicted octanol–water partition coefficient (Wildman–Crippen LogP) is 2.60. The fourth-order valence-corrected chi connectivity index (χ4v) is 2.84. The van der Waals surface area contributed by atoms with Crippen LogP contribution >= 0.6 is 0 Å². The molecule has 0 saturated heterocycles. The van der Waals surface area contributed by atoms with E-state index in [2.05, 4.69) is 35.8 Å². The zero-order chi connectivity index (χ0) is 12.0. The summed E-state index contributed by atoms with van der Waals surface area (Å²) in [6.45, 7) is 2.93. The second-order valence-corrected chi connectivity index (χ2v) is 4.83. The van der Waals surface area contributed by atoms with Crippen LogP contribution in [0.5, 0.6) is 0 Å². The lowest BCUT2D eigenvalue weighted by Crippen LogP contribution is -2.25. The minimum absolute atomic E-state index is 0.216. The Morgan fingerprint density at radius 3 is 3.06 bits per heavy atom. The molecule has 1 aromatic heterocycles. The summed E-state index contributed by atoms with van der Waals surface area (Å²) in [5.41, 5.74) is 3.70. The maximum absolute atomic E-state index is 11.0. The van der Waals surface area contributed by atoms with Crippen LogP contribution in [0, 0.1) is 12.8 Å². The highest BCUT2D eigenvalue weighted by molar-refractivity contribution is 5.85. The van der Waals surface area contributed by atoms with Crippen molar-refractivity contribution in [3.63, 3.8) is 0 Å². The van der Waals surface area contributed by atoms with Crippen molar-refractivity contribution >= 4 is 16.9 Å². The zero-order valence-electron chi connectivity index (χ0n) is 9.81. The van der Waals surface area contributed by atoms with Gasteiger partial charge < -0.3 is 9.67 Å². The van der Waals surface area contributed by atoms with Crippen LogP contribution in [0.15, 0.2) is 24.3 Å². The van der Waals surface area contributed by atoms with Crippen LogP contribution in [-0.4, -0.2) is 15.6 Å². The Hall–Kier alpha value is -1.77. The third-order valence-corrected chi connectivity index (χ3v) is 3.71. The number of benzene rings is 1. The number of nitrogens with zero attached hydrogens (tertiary/aromatic N) is 1. The maximum atomic E-state index is 11.0. The van der Waals surface area contributed by atoms with E-state index >= 15 is 0 Å². The second-order valence-electron chi connectivity index (χ2n) is 4.83. The molecule has 0 amide bonds. The van der Waals surface area contributed by atoms with Gasteiger partial charge in [0.1, 0.15) is 0 Å². The number of aryl methyl sites for hydroxylation is 2. The van der Waals surface area contributed by atoms with E-state index < -0.39 is 5.97 Å². The number of hydrogen-bond acceptors (Lipinski definition) is 1. The molecule has 0 radical (unpaired) electrons. The van der Waals surface area contributed by atoms with Gasteiger partial charge in [-0.1, -0.05) is 18.2 Å². The van der Waals surface area contributed by atoms with E-state index in [9.17, 15) is 4.79 Å². The van der Waals surface area contributed by atoms with Crippen LogP contribution in [0.3, 0.4) is 0 Å². The van der Waals surface area contributed by atoms with Gasteiger partial charge in [-0.3, -0.25) is 4.79 Å². The monoisotopic (exact) mass is 229 g/mol. The molecule has 88 valence electrons. The molecule has 0 bridgehead atoms. The summed E-state index contributed by atoms with van der Waals surface area (Å²) < 4.78 is 2.28. The number of aromatic nitrogens is 1. The van der Waals surface area contributed by atoms with Crippen molar-refractivity contribution in [1.29, 1.82) is 0 Å². The Kier molecular flexibility index (Phi) is 2.21. The first-order valence-electron chi connectivity index (χ1n) is 5.97. The van der Waals surface area contributed by atoms with E-state index in [1.54, 1.807) is 0 Å². The molecule has 3 heteroatoms. The molecule has 0 saturated carbocycles. The largest absolute Gasteiger partial charge is 0.481 e. The van der Waals surface area contributed by atoms with Crippen molar-refractivity contribution in [3.05, 3.63) is 35.5 Å². The van der Waals surface area contributed by atoms with Crippen LogP contribution in [0.25, 0.3) is 10.9 Å². The molecule has 1 aliphatic heterocycles. The number of carboxylic acids is 1. The van der Waals surface area contributed by atoms with Crippen molar-refractivity contribution in [2.45, 2.75) is 26.3 Å². The van der Waals surface area contributed by atoms with E-state index in [1.165, 1.54) is 16.5 Å². The highest BCUT2D eigenvalue weighted by Gasteiger charge is 2.25. The van der Waals surface area contributed by atoms with Gasteiger partial charge in [0.15, 0.2) is 0 Å². The quantitative estimate of drug-likeness (QED) is 0.816. The van der Waals surface area contributed by atoms with Crippen LogP contribution < -0.4 is 0 Å². The smallest absolute Gasteiger partial charge is 0.306 e. The van der Waals surface area contributed by atoms with Crippen LogP contribution in [0.1, 0.15) is 17.7 Å². The number of fused-ring (bicyclic) bond motifs is 3. The SMILES string of the molecule is Cc1cccc2cc3n(c12)CCC(C(=O)O)C3. The Morgan fingerprint density at radius 2 is 2.29 bits per heavy atom. The minimum Gasteiger partial charge on any atom is -0.481 e. The molecule has 0 spiro atoms. The Morgan fingerprint density at radius 1 is 1.47 bits per heavy atom. The van der Waals surface area contributed by atoms with E-state index in [-0.39, 0.29) is 5.92 Å². The predicted molar refractivity (Wildman–Crippen MR) is 66.1 cm³/mol. The fraction of sp³-hybridized carbons (Fsp3) is 0.357. The highest BCUT2D eigenvalue weighted by atomic mass is 16.4. The lowest BCUT2D eigenvalue weighted by Gasteiger charge is -2.22. The average Bonchev–Trinajstić information content (AvgIpc) is 2.67. The van der Waals surface area contributed by atoms with Gasteiger partial charge in [-0.05, 0) is 25.0 Å². The summed E-state index contributed by atoms with van der Waals surface area (Å²) in [7, 11) is 0. The zero-order valence-corrected chi connectivity index (χ0v) is 9.81.